The smallest absolute Gasteiger partial charge is 0.145 e. The van der Waals surface area contributed by atoms with Crippen LogP contribution in [0.1, 0.15) is 39.5 Å². The monoisotopic (exact) mass is 196 g/mol. The first-order valence-corrected chi connectivity index (χ1v) is 5.61. The second kappa shape index (κ2) is 8.71. The van der Waals surface area contributed by atoms with E-state index in [4.69, 9.17) is 0 Å². The first kappa shape index (κ1) is 13.1. The van der Waals surface area contributed by atoms with Crippen LogP contribution < -0.4 is 5.32 Å². The van der Waals surface area contributed by atoms with Gasteiger partial charge in [0.15, 0.2) is 0 Å². The molecule has 0 fully saturated rings. The molecule has 1 N–H and O–H groups in total. The average molecular weight is 196 g/mol. The lowest BCUT2D eigenvalue weighted by molar-refractivity contribution is 0.375. The summed E-state index contributed by atoms with van der Waals surface area (Å²) in [5.74, 6) is 1.03. The van der Waals surface area contributed by atoms with Crippen molar-refractivity contribution in [3.8, 4) is 0 Å². The Kier molecular flexibility index (Phi) is 8.16. The average Bonchev–Trinajstić information content (AvgIpc) is 2.21. The lowest BCUT2D eigenvalue weighted by atomic mass is 10.3. The molecule has 0 aliphatic carbocycles. The maximum absolute atomic E-state index is 3.70. The molecule has 0 heterocycles. The van der Waals surface area contributed by atoms with Crippen LogP contribution in [0.3, 0.4) is 0 Å². The molecular formula is C12H24N2. The van der Waals surface area contributed by atoms with Gasteiger partial charge in [0.1, 0.15) is 5.82 Å². The Bertz CT molecular complexity index is 181. The van der Waals surface area contributed by atoms with Crippen LogP contribution in [0.5, 0.6) is 0 Å². The Labute approximate surface area is 88.7 Å². The Balaban J connectivity index is 3.82. The van der Waals surface area contributed by atoms with Gasteiger partial charge in [0, 0.05) is 20.1 Å². The maximum Gasteiger partial charge on any atom is 0.145 e. The first-order chi connectivity index (χ1) is 6.76. The largest absolute Gasteiger partial charge is 0.365 e. The zero-order chi connectivity index (χ0) is 10.8. The van der Waals surface area contributed by atoms with Gasteiger partial charge < -0.3 is 10.2 Å². The molecule has 0 amide bonds. The highest BCUT2D eigenvalue weighted by Crippen LogP contribution is 1.99. The minimum Gasteiger partial charge on any atom is -0.365 e. The van der Waals surface area contributed by atoms with E-state index in [2.05, 4.69) is 43.4 Å². The SMILES string of the molecule is C=C=C(NCCCC)N(C)CCCC. The minimum atomic E-state index is 1.02. The van der Waals surface area contributed by atoms with E-state index in [1.54, 1.807) is 0 Å². The van der Waals surface area contributed by atoms with E-state index >= 15 is 0 Å². The van der Waals surface area contributed by atoms with Gasteiger partial charge in [0.05, 0.1) is 0 Å². The van der Waals surface area contributed by atoms with Crippen LogP contribution in [0.15, 0.2) is 18.1 Å². The number of nitrogens with zero attached hydrogens (tertiary/aromatic N) is 1. The highest BCUT2D eigenvalue weighted by atomic mass is 15.2. The van der Waals surface area contributed by atoms with Gasteiger partial charge in [-0.15, -0.1) is 0 Å². The normalized spacial score (nSPS) is 9.36. The Hall–Kier alpha value is -0.880. The first-order valence-electron chi connectivity index (χ1n) is 5.61. The molecule has 0 rings (SSSR count). The number of rotatable bonds is 8. The van der Waals surface area contributed by atoms with Crippen molar-refractivity contribution in [1.82, 2.24) is 10.2 Å². The maximum atomic E-state index is 3.70. The molecular weight excluding hydrogens is 172 g/mol. The molecule has 2 heteroatoms. The molecule has 0 saturated heterocycles. The van der Waals surface area contributed by atoms with Crippen molar-refractivity contribution >= 4 is 0 Å². The lowest BCUT2D eigenvalue weighted by Crippen LogP contribution is -2.29. The molecule has 82 valence electrons. The highest BCUT2D eigenvalue weighted by molar-refractivity contribution is 4.94. The third-order valence-electron chi connectivity index (χ3n) is 2.22. The molecule has 0 atom stereocenters. The van der Waals surface area contributed by atoms with Crippen LogP contribution in [-0.4, -0.2) is 25.0 Å². The number of hydrogen-bond donors (Lipinski definition) is 1. The fourth-order valence-corrected chi connectivity index (χ4v) is 1.22. The Morgan fingerprint density at radius 3 is 2.43 bits per heavy atom. The van der Waals surface area contributed by atoms with Gasteiger partial charge in [-0.3, -0.25) is 0 Å². The van der Waals surface area contributed by atoms with Crippen LogP contribution in [0, 0.1) is 0 Å². The van der Waals surface area contributed by atoms with E-state index in [0.717, 1.165) is 18.9 Å². The standard InChI is InChI=1S/C12H24N2/c1-5-8-10-13-12(7-3)14(4)11-9-6-2/h13H,3,5-6,8-11H2,1-2,4H3. The summed E-state index contributed by atoms with van der Waals surface area (Å²) in [7, 11) is 2.09. The van der Waals surface area contributed by atoms with Gasteiger partial charge in [-0.2, -0.15) is 0 Å². The zero-order valence-corrected chi connectivity index (χ0v) is 9.90. The van der Waals surface area contributed by atoms with Crippen LogP contribution >= 0.6 is 0 Å². The molecule has 0 unspecified atom stereocenters. The van der Waals surface area contributed by atoms with Crippen molar-refractivity contribution in [2.75, 3.05) is 20.1 Å². The topological polar surface area (TPSA) is 15.3 Å². The third kappa shape index (κ3) is 5.71. The van der Waals surface area contributed by atoms with Gasteiger partial charge in [-0.25, -0.2) is 0 Å². The van der Waals surface area contributed by atoms with E-state index < -0.39 is 0 Å². The molecule has 0 saturated carbocycles. The second-order valence-corrected chi connectivity index (χ2v) is 3.58. The number of hydrogen-bond acceptors (Lipinski definition) is 2. The predicted molar refractivity (Wildman–Crippen MR) is 63.1 cm³/mol. The quantitative estimate of drug-likeness (QED) is 0.474. The summed E-state index contributed by atoms with van der Waals surface area (Å²) in [5.41, 5.74) is 2.95. The summed E-state index contributed by atoms with van der Waals surface area (Å²) in [4.78, 5) is 2.19. The molecule has 0 bridgehead atoms. The number of unbranched alkanes of at least 4 members (excludes halogenated alkanes) is 2. The molecule has 14 heavy (non-hydrogen) atoms. The molecule has 0 spiro atoms. The minimum absolute atomic E-state index is 1.02. The number of nitrogens with one attached hydrogen (secondary N) is 1. The summed E-state index contributed by atoms with van der Waals surface area (Å²) in [6.07, 6.45) is 4.86. The van der Waals surface area contributed by atoms with E-state index in [1.807, 2.05) is 0 Å². The van der Waals surface area contributed by atoms with Crippen molar-refractivity contribution in [2.24, 2.45) is 0 Å². The molecule has 0 radical (unpaired) electrons. The van der Waals surface area contributed by atoms with E-state index in [1.165, 1.54) is 25.7 Å². The van der Waals surface area contributed by atoms with Crippen molar-refractivity contribution in [1.29, 1.82) is 0 Å². The summed E-state index contributed by atoms with van der Waals surface area (Å²) in [6.45, 7) is 10.2. The molecule has 0 aliphatic rings. The van der Waals surface area contributed by atoms with Crippen LogP contribution in [-0.2, 0) is 0 Å². The Morgan fingerprint density at radius 2 is 1.93 bits per heavy atom. The van der Waals surface area contributed by atoms with Crippen molar-refractivity contribution < 1.29 is 0 Å². The molecule has 0 aromatic rings. The summed E-state index contributed by atoms with van der Waals surface area (Å²) in [5, 5.41) is 3.35. The zero-order valence-electron chi connectivity index (χ0n) is 9.90. The second-order valence-electron chi connectivity index (χ2n) is 3.58. The van der Waals surface area contributed by atoms with Crippen molar-refractivity contribution in [2.45, 2.75) is 39.5 Å². The van der Waals surface area contributed by atoms with Crippen molar-refractivity contribution in [3.63, 3.8) is 0 Å². The molecule has 0 aromatic carbocycles. The van der Waals surface area contributed by atoms with Gasteiger partial charge in [-0.1, -0.05) is 39.0 Å². The van der Waals surface area contributed by atoms with Gasteiger partial charge >= 0.3 is 0 Å². The molecule has 0 aliphatic heterocycles. The van der Waals surface area contributed by atoms with Crippen molar-refractivity contribution in [3.05, 3.63) is 18.1 Å². The lowest BCUT2D eigenvalue weighted by Gasteiger charge is -2.21. The van der Waals surface area contributed by atoms with E-state index in [-0.39, 0.29) is 0 Å². The summed E-state index contributed by atoms with van der Waals surface area (Å²) < 4.78 is 0. The fourth-order valence-electron chi connectivity index (χ4n) is 1.22. The van der Waals surface area contributed by atoms with E-state index in [9.17, 15) is 0 Å². The van der Waals surface area contributed by atoms with Crippen LogP contribution in [0.2, 0.25) is 0 Å². The van der Waals surface area contributed by atoms with E-state index in [0.29, 0.717) is 0 Å². The molecule has 0 aromatic heterocycles. The van der Waals surface area contributed by atoms with Gasteiger partial charge in [0.2, 0.25) is 0 Å². The Morgan fingerprint density at radius 1 is 1.29 bits per heavy atom. The van der Waals surface area contributed by atoms with Crippen LogP contribution in [0.25, 0.3) is 0 Å². The highest BCUT2D eigenvalue weighted by Gasteiger charge is 2.01. The fraction of sp³-hybridized carbons (Fsp3) is 0.750. The van der Waals surface area contributed by atoms with Gasteiger partial charge in [-0.05, 0) is 12.8 Å². The predicted octanol–water partition coefficient (Wildman–Crippen LogP) is 2.73. The van der Waals surface area contributed by atoms with Gasteiger partial charge in [0.25, 0.3) is 0 Å². The summed E-state index contributed by atoms with van der Waals surface area (Å²) in [6, 6.07) is 0. The summed E-state index contributed by atoms with van der Waals surface area (Å²) >= 11 is 0. The third-order valence-corrected chi connectivity index (χ3v) is 2.22. The molecule has 2 nitrogen and oxygen atoms in total. The van der Waals surface area contributed by atoms with Crippen LogP contribution in [0.4, 0.5) is 0 Å².